The van der Waals surface area contributed by atoms with Crippen LogP contribution < -0.4 is 5.56 Å². The van der Waals surface area contributed by atoms with Crippen LogP contribution in [0.5, 0.6) is 0 Å². The molecule has 1 aromatic heterocycles. The fraction of sp³-hybridized carbons (Fsp3) is 0.467. The standard InChI is InChI=1S/C15H18FN3O/c1-10-15(20)18-14-12(17-10)6-5-11(13(14)16)9-19-7-3-2-4-8-19/h5-6H,2-4,7-9H2,1H3,(H,18,20). The van der Waals surface area contributed by atoms with Crippen LogP contribution in [0, 0.1) is 12.7 Å². The van der Waals surface area contributed by atoms with Crippen molar-refractivity contribution >= 4 is 11.0 Å². The SMILES string of the molecule is Cc1nc2ccc(CN3CCCCC3)c(F)c2[nH]c1=O. The number of nitrogens with one attached hydrogen (secondary N) is 1. The normalized spacial score (nSPS) is 16.7. The minimum atomic E-state index is -0.349. The molecule has 1 aliphatic rings. The first kappa shape index (κ1) is 13.2. The first-order valence-corrected chi connectivity index (χ1v) is 7.05. The monoisotopic (exact) mass is 275 g/mol. The fourth-order valence-electron chi connectivity index (χ4n) is 2.74. The van der Waals surface area contributed by atoms with Gasteiger partial charge in [-0.05, 0) is 38.9 Å². The summed E-state index contributed by atoms with van der Waals surface area (Å²) in [5, 5.41) is 0. The molecule has 0 aliphatic carbocycles. The number of aromatic amines is 1. The van der Waals surface area contributed by atoms with Gasteiger partial charge < -0.3 is 4.98 Å². The zero-order valence-electron chi connectivity index (χ0n) is 11.6. The number of fused-ring (bicyclic) bond motifs is 1. The number of rotatable bonds is 2. The van der Waals surface area contributed by atoms with Crippen LogP contribution >= 0.6 is 0 Å². The zero-order valence-corrected chi connectivity index (χ0v) is 11.6. The Morgan fingerprint density at radius 3 is 2.80 bits per heavy atom. The smallest absolute Gasteiger partial charge is 0.269 e. The second-order valence-corrected chi connectivity index (χ2v) is 5.42. The van der Waals surface area contributed by atoms with Crippen molar-refractivity contribution in [1.29, 1.82) is 0 Å². The number of hydrogen-bond donors (Lipinski definition) is 1. The molecule has 106 valence electrons. The lowest BCUT2D eigenvalue weighted by Gasteiger charge is -2.26. The van der Waals surface area contributed by atoms with Gasteiger partial charge in [-0.25, -0.2) is 9.37 Å². The summed E-state index contributed by atoms with van der Waals surface area (Å²) in [4.78, 5) is 20.6. The van der Waals surface area contributed by atoms with Gasteiger partial charge in [0.05, 0.1) is 5.52 Å². The number of halogens is 1. The average molecular weight is 275 g/mol. The maximum Gasteiger partial charge on any atom is 0.269 e. The van der Waals surface area contributed by atoms with Gasteiger partial charge in [0.25, 0.3) is 5.56 Å². The molecule has 1 N–H and O–H groups in total. The lowest BCUT2D eigenvalue weighted by atomic mass is 10.1. The maximum absolute atomic E-state index is 14.5. The maximum atomic E-state index is 14.5. The summed E-state index contributed by atoms with van der Waals surface area (Å²) in [6.07, 6.45) is 3.60. The lowest BCUT2D eigenvalue weighted by molar-refractivity contribution is 0.218. The van der Waals surface area contributed by atoms with E-state index in [1.807, 2.05) is 0 Å². The zero-order chi connectivity index (χ0) is 14.1. The van der Waals surface area contributed by atoms with Gasteiger partial charge in [0.15, 0.2) is 5.82 Å². The molecule has 3 rings (SSSR count). The minimum Gasteiger partial charge on any atom is -0.317 e. The molecule has 4 nitrogen and oxygen atoms in total. The third kappa shape index (κ3) is 2.45. The van der Waals surface area contributed by atoms with Gasteiger partial charge in [-0.1, -0.05) is 12.5 Å². The molecule has 0 unspecified atom stereocenters. The van der Waals surface area contributed by atoms with E-state index in [4.69, 9.17) is 0 Å². The predicted octanol–water partition coefficient (Wildman–Crippen LogP) is 2.36. The minimum absolute atomic E-state index is 0.218. The number of aryl methyl sites for hydroxylation is 1. The molecular formula is C15H18FN3O. The van der Waals surface area contributed by atoms with E-state index in [-0.39, 0.29) is 16.9 Å². The Labute approximate surface area is 116 Å². The molecule has 0 atom stereocenters. The molecule has 1 aliphatic heterocycles. The Hall–Kier alpha value is -1.75. The predicted molar refractivity (Wildman–Crippen MR) is 76.2 cm³/mol. The molecule has 0 bridgehead atoms. The number of H-pyrrole nitrogens is 1. The van der Waals surface area contributed by atoms with Crippen molar-refractivity contribution in [3.05, 3.63) is 39.6 Å². The van der Waals surface area contributed by atoms with Gasteiger partial charge in [0, 0.05) is 12.1 Å². The summed E-state index contributed by atoms with van der Waals surface area (Å²) >= 11 is 0. The number of likely N-dealkylation sites (tertiary alicyclic amines) is 1. The highest BCUT2D eigenvalue weighted by atomic mass is 19.1. The lowest BCUT2D eigenvalue weighted by Crippen LogP contribution is -2.29. The summed E-state index contributed by atoms with van der Waals surface area (Å²) in [6.45, 7) is 4.25. The summed E-state index contributed by atoms with van der Waals surface area (Å²) in [5.74, 6) is -0.349. The van der Waals surface area contributed by atoms with Gasteiger partial charge in [-0.15, -0.1) is 0 Å². The topological polar surface area (TPSA) is 49.0 Å². The van der Waals surface area contributed by atoms with Crippen LogP contribution in [-0.2, 0) is 6.54 Å². The van der Waals surface area contributed by atoms with Gasteiger partial charge in [-0.2, -0.15) is 0 Å². The molecule has 0 saturated carbocycles. The molecular weight excluding hydrogens is 257 g/mol. The second-order valence-electron chi connectivity index (χ2n) is 5.42. The third-order valence-electron chi connectivity index (χ3n) is 3.90. The van der Waals surface area contributed by atoms with E-state index in [1.165, 1.54) is 19.3 Å². The van der Waals surface area contributed by atoms with E-state index < -0.39 is 0 Å². The third-order valence-corrected chi connectivity index (χ3v) is 3.90. The Bertz CT molecular complexity index is 689. The van der Waals surface area contributed by atoms with E-state index in [2.05, 4.69) is 14.9 Å². The number of aromatic nitrogens is 2. The van der Waals surface area contributed by atoms with E-state index in [9.17, 15) is 9.18 Å². The Morgan fingerprint density at radius 2 is 2.05 bits per heavy atom. The van der Waals surface area contributed by atoms with E-state index in [0.717, 1.165) is 13.1 Å². The van der Waals surface area contributed by atoms with Crippen LogP contribution in [0.15, 0.2) is 16.9 Å². The molecule has 0 spiro atoms. The van der Waals surface area contributed by atoms with Crippen molar-refractivity contribution in [3.63, 3.8) is 0 Å². The van der Waals surface area contributed by atoms with Crippen LogP contribution in [-0.4, -0.2) is 28.0 Å². The van der Waals surface area contributed by atoms with Crippen molar-refractivity contribution in [2.75, 3.05) is 13.1 Å². The number of hydrogen-bond acceptors (Lipinski definition) is 3. The summed E-state index contributed by atoms with van der Waals surface area (Å²) in [7, 11) is 0. The molecule has 2 heterocycles. The highest BCUT2D eigenvalue weighted by Gasteiger charge is 2.15. The number of benzene rings is 1. The van der Waals surface area contributed by atoms with Crippen molar-refractivity contribution in [3.8, 4) is 0 Å². The van der Waals surface area contributed by atoms with Crippen molar-refractivity contribution in [1.82, 2.24) is 14.9 Å². The van der Waals surface area contributed by atoms with E-state index >= 15 is 0 Å². The van der Waals surface area contributed by atoms with Crippen molar-refractivity contribution in [2.45, 2.75) is 32.7 Å². The van der Waals surface area contributed by atoms with Crippen molar-refractivity contribution < 1.29 is 4.39 Å². The Kier molecular flexibility index (Phi) is 3.53. The van der Waals surface area contributed by atoms with Crippen LogP contribution in [0.3, 0.4) is 0 Å². The molecule has 1 fully saturated rings. The second kappa shape index (κ2) is 5.32. The largest absolute Gasteiger partial charge is 0.317 e. The first-order valence-electron chi connectivity index (χ1n) is 7.05. The highest BCUT2D eigenvalue weighted by Crippen LogP contribution is 2.20. The molecule has 5 heteroatoms. The van der Waals surface area contributed by atoms with Gasteiger partial charge in [0.2, 0.25) is 0 Å². The van der Waals surface area contributed by atoms with Gasteiger partial charge in [-0.3, -0.25) is 9.69 Å². The Balaban J connectivity index is 1.97. The average Bonchev–Trinajstić information content (AvgIpc) is 2.46. The van der Waals surface area contributed by atoms with Crippen LogP contribution in [0.1, 0.15) is 30.5 Å². The quantitative estimate of drug-likeness (QED) is 0.915. The molecule has 0 radical (unpaired) electrons. The Morgan fingerprint density at radius 1 is 1.30 bits per heavy atom. The van der Waals surface area contributed by atoms with E-state index in [0.29, 0.717) is 23.3 Å². The summed E-state index contributed by atoms with van der Waals surface area (Å²) in [6, 6.07) is 3.55. The molecule has 0 amide bonds. The number of piperidine rings is 1. The molecule has 20 heavy (non-hydrogen) atoms. The molecule has 1 saturated heterocycles. The van der Waals surface area contributed by atoms with Crippen molar-refractivity contribution in [2.24, 2.45) is 0 Å². The fourth-order valence-corrected chi connectivity index (χ4v) is 2.74. The van der Waals surface area contributed by atoms with Crippen LogP contribution in [0.2, 0.25) is 0 Å². The van der Waals surface area contributed by atoms with E-state index in [1.54, 1.807) is 19.1 Å². The van der Waals surface area contributed by atoms with Crippen LogP contribution in [0.4, 0.5) is 4.39 Å². The van der Waals surface area contributed by atoms with Gasteiger partial charge >= 0.3 is 0 Å². The molecule has 1 aromatic carbocycles. The molecule has 2 aromatic rings. The highest BCUT2D eigenvalue weighted by molar-refractivity contribution is 5.75. The number of nitrogens with zero attached hydrogens (tertiary/aromatic N) is 2. The first-order chi connectivity index (χ1) is 9.65. The summed E-state index contributed by atoms with van der Waals surface area (Å²) < 4.78 is 14.5. The van der Waals surface area contributed by atoms with Crippen LogP contribution in [0.25, 0.3) is 11.0 Å². The van der Waals surface area contributed by atoms with Gasteiger partial charge in [0.1, 0.15) is 11.2 Å². The summed E-state index contributed by atoms with van der Waals surface area (Å²) in [5.41, 5.74) is 1.38.